The molecule has 1 aliphatic heterocycles. The van der Waals surface area contributed by atoms with Gasteiger partial charge in [-0.15, -0.1) is 0 Å². The van der Waals surface area contributed by atoms with Crippen molar-refractivity contribution in [1.29, 1.82) is 5.26 Å². The fraction of sp³-hybridized carbons (Fsp3) is 0.643. The summed E-state index contributed by atoms with van der Waals surface area (Å²) in [6.07, 6.45) is -7.09. The first kappa shape index (κ1) is 19.4. The van der Waals surface area contributed by atoms with Crippen LogP contribution in [0.4, 0.5) is 0 Å². The topological polar surface area (TPSA) is 138 Å². The zero-order valence-electron chi connectivity index (χ0n) is 13.5. The van der Waals surface area contributed by atoms with Crippen LogP contribution in [0.5, 0.6) is 0 Å². The SMILES string of the molecule is CC(=O)OC1O[C@@H](C#N)[C@@H](OC(C)=O)[C@@H](OC(C)=O)[C@H]1OC(C)=O. The van der Waals surface area contributed by atoms with Crippen LogP contribution >= 0.6 is 0 Å². The van der Waals surface area contributed by atoms with Gasteiger partial charge in [-0.2, -0.15) is 5.26 Å². The van der Waals surface area contributed by atoms with Crippen molar-refractivity contribution in [1.82, 2.24) is 0 Å². The lowest BCUT2D eigenvalue weighted by atomic mass is 9.98. The van der Waals surface area contributed by atoms with E-state index in [9.17, 15) is 24.4 Å². The number of hydrogen-bond donors (Lipinski definition) is 0. The molecule has 0 aromatic carbocycles. The Balaban J connectivity index is 3.26. The predicted octanol–water partition coefficient (Wildman–Crippen LogP) is -0.407. The number of hydrogen-bond acceptors (Lipinski definition) is 10. The highest BCUT2D eigenvalue weighted by molar-refractivity contribution is 5.69. The third-order valence-corrected chi connectivity index (χ3v) is 2.81. The van der Waals surface area contributed by atoms with Gasteiger partial charge in [-0.3, -0.25) is 19.2 Å². The van der Waals surface area contributed by atoms with E-state index in [1.54, 1.807) is 6.07 Å². The highest BCUT2D eigenvalue weighted by Crippen LogP contribution is 2.29. The standard InChI is InChI=1S/C14H17NO9/c1-6(16)20-11-10(5-15)24-14(23-9(4)19)13(22-8(3)18)12(11)21-7(2)17/h10-14H,1-4H3/t10-,11+,12+,13+,14?/m0/s1. The molecule has 5 atom stereocenters. The number of rotatable bonds is 4. The summed E-state index contributed by atoms with van der Waals surface area (Å²) in [6, 6.07) is 1.72. The summed E-state index contributed by atoms with van der Waals surface area (Å²) in [7, 11) is 0. The Bertz CT molecular complexity index is 567. The Hall–Kier alpha value is -2.67. The summed E-state index contributed by atoms with van der Waals surface area (Å²) in [5.74, 6) is -3.11. The van der Waals surface area contributed by atoms with E-state index in [1.165, 1.54) is 0 Å². The van der Waals surface area contributed by atoms with Crippen LogP contribution < -0.4 is 0 Å². The lowest BCUT2D eigenvalue weighted by Crippen LogP contribution is -2.61. The van der Waals surface area contributed by atoms with Gasteiger partial charge in [0.1, 0.15) is 0 Å². The second-order valence-corrected chi connectivity index (χ2v) is 4.89. The molecule has 0 saturated carbocycles. The van der Waals surface area contributed by atoms with Crippen LogP contribution in [0, 0.1) is 11.3 Å². The van der Waals surface area contributed by atoms with Crippen molar-refractivity contribution >= 4 is 23.9 Å². The molecule has 0 radical (unpaired) electrons. The van der Waals surface area contributed by atoms with E-state index >= 15 is 0 Å². The Morgan fingerprint density at radius 3 is 1.58 bits per heavy atom. The van der Waals surface area contributed by atoms with Crippen LogP contribution in [0.1, 0.15) is 27.7 Å². The molecule has 24 heavy (non-hydrogen) atoms. The Morgan fingerprint density at radius 2 is 1.17 bits per heavy atom. The molecule has 1 aliphatic rings. The molecule has 0 spiro atoms. The first-order valence-corrected chi connectivity index (χ1v) is 6.89. The molecule has 0 N–H and O–H groups in total. The molecule has 0 aliphatic carbocycles. The lowest BCUT2D eigenvalue weighted by Gasteiger charge is -2.41. The maximum atomic E-state index is 11.4. The highest BCUT2D eigenvalue weighted by Gasteiger charge is 2.53. The van der Waals surface area contributed by atoms with E-state index in [-0.39, 0.29) is 0 Å². The monoisotopic (exact) mass is 343 g/mol. The van der Waals surface area contributed by atoms with Gasteiger partial charge in [0.2, 0.25) is 12.4 Å². The zero-order chi connectivity index (χ0) is 18.4. The summed E-state index contributed by atoms with van der Waals surface area (Å²) in [6.45, 7) is 4.31. The largest absolute Gasteiger partial charge is 0.454 e. The van der Waals surface area contributed by atoms with Crippen LogP contribution in [-0.4, -0.2) is 54.6 Å². The van der Waals surface area contributed by atoms with Gasteiger partial charge in [0.25, 0.3) is 0 Å². The first-order valence-electron chi connectivity index (χ1n) is 6.89. The molecule has 0 aromatic rings. The molecule has 1 saturated heterocycles. The third kappa shape index (κ3) is 5.20. The molecule has 132 valence electrons. The zero-order valence-corrected chi connectivity index (χ0v) is 13.5. The average Bonchev–Trinajstić information content (AvgIpc) is 2.42. The Labute approximate surface area is 137 Å². The maximum Gasteiger partial charge on any atom is 0.305 e. The minimum absolute atomic E-state index is 0.770. The smallest absolute Gasteiger partial charge is 0.305 e. The number of esters is 4. The van der Waals surface area contributed by atoms with E-state index in [4.69, 9.17) is 23.7 Å². The predicted molar refractivity (Wildman–Crippen MR) is 72.7 cm³/mol. The Kier molecular flexibility index (Phi) is 6.67. The van der Waals surface area contributed by atoms with Crippen molar-refractivity contribution in [2.24, 2.45) is 0 Å². The van der Waals surface area contributed by atoms with E-state index < -0.39 is 54.6 Å². The van der Waals surface area contributed by atoms with Crippen LogP contribution in [-0.2, 0) is 42.9 Å². The first-order chi connectivity index (χ1) is 11.1. The normalized spacial score (nSPS) is 28.9. The fourth-order valence-corrected chi connectivity index (χ4v) is 2.14. The summed E-state index contributed by atoms with van der Waals surface area (Å²) in [5, 5.41) is 9.19. The molecule has 0 aromatic heterocycles. The van der Waals surface area contributed by atoms with Crippen LogP contribution in [0.25, 0.3) is 0 Å². The van der Waals surface area contributed by atoms with E-state index in [2.05, 4.69) is 0 Å². The van der Waals surface area contributed by atoms with E-state index in [0.717, 1.165) is 27.7 Å². The number of ether oxygens (including phenoxy) is 5. The minimum atomic E-state index is -1.51. The van der Waals surface area contributed by atoms with Crippen LogP contribution in [0.15, 0.2) is 0 Å². The van der Waals surface area contributed by atoms with Crippen molar-refractivity contribution in [2.75, 3.05) is 0 Å². The summed E-state index contributed by atoms with van der Waals surface area (Å²) >= 11 is 0. The van der Waals surface area contributed by atoms with Gasteiger partial charge in [0.05, 0.1) is 6.07 Å². The molecule has 1 rings (SSSR count). The summed E-state index contributed by atoms with van der Waals surface area (Å²) < 4.78 is 25.1. The van der Waals surface area contributed by atoms with Crippen molar-refractivity contribution in [2.45, 2.75) is 58.4 Å². The minimum Gasteiger partial charge on any atom is -0.454 e. The second-order valence-electron chi connectivity index (χ2n) is 4.89. The number of nitriles is 1. The maximum absolute atomic E-state index is 11.4. The van der Waals surface area contributed by atoms with E-state index in [1.807, 2.05) is 0 Å². The van der Waals surface area contributed by atoms with Gasteiger partial charge >= 0.3 is 23.9 Å². The molecule has 1 heterocycles. The molecule has 1 unspecified atom stereocenters. The molecule has 10 nitrogen and oxygen atoms in total. The number of carbonyl (C=O) groups excluding carboxylic acids is 4. The number of carbonyl (C=O) groups is 4. The summed E-state index contributed by atoms with van der Waals surface area (Å²) in [4.78, 5) is 45.2. The van der Waals surface area contributed by atoms with Gasteiger partial charge in [0.15, 0.2) is 18.3 Å². The van der Waals surface area contributed by atoms with Crippen LogP contribution in [0.2, 0.25) is 0 Å². The Morgan fingerprint density at radius 1 is 0.750 bits per heavy atom. The third-order valence-electron chi connectivity index (χ3n) is 2.81. The number of nitrogens with zero attached hydrogens (tertiary/aromatic N) is 1. The average molecular weight is 343 g/mol. The molecular weight excluding hydrogens is 326 g/mol. The quantitative estimate of drug-likeness (QED) is 0.489. The fourth-order valence-electron chi connectivity index (χ4n) is 2.14. The van der Waals surface area contributed by atoms with Crippen molar-refractivity contribution < 1.29 is 42.9 Å². The van der Waals surface area contributed by atoms with Gasteiger partial charge in [0, 0.05) is 27.7 Å². The highest BCUT2D eigenvalue weighted by atomic mass is 16.7. The molecule has 0 amide bonds. The van der Waals surface area contributed by atoms with Crippen LogP contribution in [0.3, 0.4) is 0 Å². The molecular formula is C14H17NO9. The second kappa shape index (κ2) is 8.26. The lowest BCUT2D eigenvalue weighted by molar-refractivity contribution is -0.286. The van der Waals surface area contributed by atoms with Crippen molar-refractivity contribution in [3.63, 3.8) is 0 Å². The van der Waals surface area contributed by atoms with Gasteiger partial charge in [-0.05, 0) is 0 Å². The van der Waals surface area contributed by atoms with Crippen molar-refractivity contribution in [3.05, 3.63) is 0 Å². The van der Waals surface area contributed by atoms with E-state index in [0.29, 0.717) is 0 Å². The molecule has 1 fully saturated rings. The molecule has 0 bridgehead atoms. The van der Waals surface area contributed by atoms with Gasteiger partial charge in [-0.25, -0.2) is 0 Å². The summed E-state index contributed by atoms with van der Waals surface area (Å²) in [5.41, 5.74) is 0. The van der Waals surface area contributed by atoms with Gasteiger partial charge < -0.3 is 23.7 Å². The molecule has 10 heteroatoms. The van der Waals surface area contributed by atoms with Gasteiger partial charge in [-0.1, -0.05) is 0 Å². The van der Waals surface area contributed by atoms with Crippen molar-refractivity contribution in [3.8, 4) is 6.07 Å².